The lowest BCUT2D eigenvalue weighted by Crippen LogP contribution is -2.06. The fourth-order valence-electron chi connectivity index (χ4n) is 1.26. The second-order valence-corrected chi connectivity index (χ2v) is 3.51. The molecular formula is C10H11ClN4. The SMILES string of the molecule is Cn1ccnc1CNc1cccnc1Cl. The summed E-state index contributed by atoms with van der Waals surface area (Å²) < 4.78 is 1.96. The molecule has 78 valence electrons. The molecule has 5 heteroatoms. The highest BCUT2D eigenvalue weighted by Gasteiger charge is 2.01. The van der Waals surface area contributed by atoms with Gasteiger partial charge in [-0.2, -0.15) is 0 Å². The first kappa shape index (κ1) is 9.98. The molecular weight excluding hydrogens is 212 g/mol. The maximum atomic E-state index is 5.90. The van der Waals surface area contributed by atoms with Gasteiger partial charge in [0.1, 0.15) is 5.82 Å². The summed E-state index contributed by atoms with van der Waals surface area (Å²) in [7, 11) is 1.95. The van der Waals surface area contributed by atoms with Gasteiger partial charge in [-0.3, -0.25) is 0 Å². The van der Waals surface area contributed by atoms with Crippen LogP contribution in [0.25, 0.3) is 0 Å². The summed E-state index contributed by atoms with van der Waals surface area (Å²) in [5.74, 6) is 0.954. The van der Waals surface area contributed by atoms with Crippen LogP contribution in [0.1, 0.15) is 5.82 Å². The normalized spacial score (nSPS) is 10.3. The number of hydrogen-bond donors (Lipinski definition) is 1. The molecule has 2 heterocycles. The number of hydrogen-bond acceptors (Lipinski definition) is 3. The number of pyridine rings is 1. The molecule has 4 nitrogen and oxygen atoms in total. The second kappa shape index (κ2) is 4.31. The Bertz CT molecular complexity index is 452. The minimum Gasteiger partial charge on any atom is -0.375 e. The van der Waals surface area contributed by atoms with Gasteiger partial charge in [0.25, 0.3) is 0 Å². The third kappa shape index (κ3) is 2.27. The largest absolute Gasteiger partial charge is 0.375 e. The van der Waals surface area contributed by atoms with Crippen LogP contribution in [0, 0.1) is 0 Å². The molecule has 0 radical (unpaired) electrons. The zero-order chi connectivity index (χ0) is 10.7. The summed E-state index contributed by atoms with van der Waals surface area (Å²) in [5.41, 5.74) is 0.821. The van der Waals surface area contributed by atoms with Crippen molar-refractivity contribution in [3.05, 3.63) is 41.7 Å². The molecule has 2 aromatic heterocycles. The fourth-order valence-corrected chi connectivity index (χ4v) is 1.45. The predicted molar refractivity (Wildman–Crippen MR) is 59.8 cm³/mol. The van der Waals surface area contributed by atoms with Gasteiger partial charge < -0.3 is 9.88 Å². The standard InChI is InChI=1S/C10H11ClN4/c1-15-6-5-12-9(15)7-14-8-3-2-4-13-10(8)11/h2-6,14H,7H2,1H3. The monoisotopic (exact) mass is 222 g/mol. The lowest BCUT2D eigenvalue weighted by molar-refractivity contribution is 0.812. The Kier molecular flexibility index (Phi) is 2.87. The minimum absolute atomic E-state index is 0.478. The number of imidazole rings is 1. The Morgan fingerprint density at radius 2 is 2.27 bits per heavy atom. The first-order valence-corrected chi connectivity index (χ1v) is 4.96. The van der Waals surface area contributed by atoms with Crippen LogP contribution in [0.5, 0.6) is 0 Å². The Morgan fingerprint density at radius 1 is 1.40 bits per heavy atom. The van der Waals surface area contributed by atoms with Crippen LogP contribution in [0.15, 0.2) is 30.7 Å². The molecule has 15 heavy (non-hydrogen) atoms. The third-order valence-electron chi connectivity index (χ3n) is 2.12. The van der Waals surface area contributed by atoms with Crippen molar-refractivity contribution in [2.75, 3.05) is 5.32 Å². The molecule has 1 N–H and O–H groups in total. The quantitative estimate of drug-likeness (QED) is 0.809. The van der Waals surface area contributed by atoms with Crippen molar-refractivity contribution >= 4 is 17.3 Å². The lowest BCUT2D eigenvalue weighted by atomic mass is 10.4. The van der Waals surface area contributed by atoms with Gasteiger partial charge in [-0.15, -0.1) is 0 Å². The van der Waals surface area contributed by atoms with Gasteiger partial charge in [0.15, 0.2) is 5.15 Å². The summed E-state index contributed by atoms with van der Waals surface area (Å²) >= 11 is 5.90. The van der Waals surface area contributed by atoms with E-state index in [1.807, 2.05) is 29.9 Å². The maximum Gasteiger partial charge on any atom is 0.152 e. The summed E-state index contributed by atoms with van der Waals surface area (Å²) in [6, 6.07) is 3.73. The first-order valence-electron chi connectivity index (χ1n) is 4.58. The Hall–Kier alpha value is -1.55. The zero-order valence-electron chi connectivity index (χ0n) is 8.31. The van der Waals surface area contributed by atoms with Crippen LogP contribution >= 0.6 is 11.6 Å². The second-order valence-electron chi connectivity index (χ2n) is 3.15. The van der Waals surface area contributed by atoms with Gasteiger partial charge in [0.05, 0.1) is 12.2 Å². The number of nitrogens with zero attached hydrogens (tertiary/aromatic N) is 3. The van der Waals surface area contributed by atoms with Crippen LogP contribution < -0.4 is 5.32 Å². The van der Waals surface area contributed by atoms with Crippen LogP contribution in [0.4, 0.5) is 5.69 Å². The Balaban J connectivity index is 2.06. The molecule has 0 aliphatic heterocycles. The predicted octanol–water partition coefficient (Wildman–Crippen LogP) is 2.08. The number of aryl methyl sites for hydroxylation is 1. The van der Waals surface area contributed by atoms with Gasteiger partial charge in [0.2, 0.25) is 0 Å². The van der Waals surface area contributed by atoms with E-state index in [4.69, 9.17) is 11.6 Å². The van der Waals surface area contributed by atoms with Gasteiger partial charge in [0, 0.05) is 25.6 Å². The van der Waals surface area contributed by atoms with Gasteiger partial charge in [-0.1, -0.05) is 11.6 Å². The molecule has 0 aliphatic rings. The van der Waals surface area contributed by atoms with Crippen molar-refractivity contribution < 1.29 is 0 Å². The average molecular weight is 223 g/mol. The number of nitrogens with one attached hydrogen (secondary N) is 1. The molecule has 2 aromatic rings. The van der Waals surface area contributed by atoms with Gasteiger partial charge in [-0.05, 0) is 12.1 Å². The number of aromatic nitrogens is 3. The minimum atomic E-state index is 0.478. The Labute approximate surface area is 92.9 Å². The Morgan fingerprint density at radius 3 is 2.93 bits per heavy atom. The van der Waals surface area contributed by atoms with E-state index in [1.165, 1.54) is 0 Å². The number of halogens is 1. The molecule has 0 unspecified atom stereocenters. The van der Waals surface area contributed by atoms with Crippen molar-refractivity contribution in [1.82, 2.24) is 14.5 Å². The molecule has 0 bridgehead atoms. The van der Waals surface area contributed by atoms with E-state index >= 15 is 0 Å². The van der Waals surface area contributed by atoms with Crippen molar-refractivity contribution in [2.24, 2.45) is 7.05 Å². The molecule has 0 aliphatic carbocycles. The molecule has 0 amide bonds. The van der Waals surface area contributed by atoms with E-state index in [1.54, 1.807) is 12.4 Å². The molecule has 0 aromatic carbocycles. The van der Waals surface area contributed by atoms with Crippen LogP contribution in [0.2, 0.25) is 5.15 Å². The van der Waals surface area contributed by atoms with Gasteiger partial charge in [-0.25, -0.2) is 9.97 Å². The van der Waals surface area contributed by atoms with Gasteiger partial charge >= 0.3 is 0 Å². The molecule has 0 saturated carbocycles. The smallest absolute Gasteiger partial charge is 0.152 e. The molecule has 2 rings (SSSR count). The molecule has 0 fully saturated rings. The van der Waals surface area contributed by atoms with Crippen molar-refractivity contribution in [1.29, 1.82) is 0 Å². The highest BCUT2D eigenvalue weighted by atomic mass is 35.5. The molecule has 0 spiro atoms. The summed E-state index contributed by atoms with van der Waals surface area (Å²) in [5, 5.41) is 3.66. The number of rotatable bonds is 3. The summed E-state index contributed by atoms with van der Waals surface area (Å²) in [6.07, 6.45) is 5.33. The lowest BCUT2D eigenvalue weighted by Gasteiger charge is -2.06. The van der Waals surface area contributed by atoms with Crippen molar-refractivity contribution in [2.45, 2.75) is 6.54 Å². The third-order valence-corrected chi connectivity index (χ3v) is 2.42. The topological polar surface area (TPSA) is 42.7 Å². The summed E-state index contributed by atoms with van der Waals surface area (Å²) in [6.45, 7) is 0.634. The molecule has 0 atom stereocenters. The maximum absolute atomic E-state index is 5.90. The summed E-state index contributed by atoms with van der Waals surface area (Å²) in [4.78, 5) is 8.17. The van der Waals surface area contributed by atoms with E-state index in [-0.39, 0.29) is 0 Å². The fraction of sp³-hybridized carbons (Fsp3) is 0.200. The molecule has 0 saturated heterocycles. The highest BCUT2D eigenvalue weighted by Crippen LogP contribution is 2.17. The van der Waals surface area contributed by atoms with E-state index in [0.717, 1.165) is 11.5 Å². The van der Waals surface area contributed by atoms with E-state index < -0.39 is 0 Å². The van der Waals surface area contributed by atoms with Crippen LogP contribution in [0.3, 0.4) is 0 Å². The number of anilines is 1. The van der Waals surface area contributed by atoms with E-state index in [0.29, 0.717) is 11.7 Å². The van der Waals surface area contributed by atoms with E-state index in [9.17, 15) is 0 Å². The zero-order valence-corrected chi connectivity index (χ0v) is 9.07. The van der Waals surface area contributed by atoms with E-state index in [2.05, 4.69) is 15.3 Å². The van der Waals surface area contributed by atoms with Crippen molar-refractivity contribution in [3.63, 3.8) is 0 Å². The first-order chi connectivity index (χ1) is 7.27. The van der Waals surface area contributed by atoms with Crippen molar-refractivity contribution in [3.8, 4) is 0 Å². The van der Waals surface area contributed by atoms with Crippen LogP contribution in [-0.2, 0) is 13.6 Å². The average Bonchev–Trinajstić information content (AvgIpc) is 2.63. The van der Waals surface area contributed by atoms with Crippen LogP contribution in [-0.4, -0.2) is 14.5 Å². The highest BCUT2D eigenvalue weighted by molar-refractivity contribution is 6.31.